The van der Waals surface area contributed by atoms with Gasteiger partial charge in [-0.25, -0.2) is 0 Å². The van der Waals surface area contributed by atoms with Crippen molar-refractivity contribution < 1.29 is 9.84 Å². The maximum Gasteiger partial charge on any atom is 0.137 e. The topological polar surface area (TPSA) is 55.5 Å². The number of methoxy groups -OCH3 is 1. The van der Waals surface area contributed by atoms with Gasteiger partial charge < -0.3 is 15.6 Å². The van der Waals surface area contributed by atoms with Crippen molar-refractivity contribution in [1.29, 1.82) is 0 Å². The molecular formula is C13H20ClNO2. The van der Waals surface area contributed by atoms with Crippen molar-refractivity contribution in [2.45, 2.75) is 32.4 Å². The van der Waals surface area contributed by atoms with E-state index in [4.69, 9.17) is 22.1 Å². The summed E-state index contributed by atoms with van der Waals surface area (Å²) in [4.78, 5) is 0. The van der Waals surface area contributed by atoms with E-state index in [9.17, 15) is 5.11 Å². The van der Waals surface area contributed by atoms with Gasteiger partial charge in [0, 0.05) is 0 Å². The number of benzene rings is 1. The molecule has 0 saturated carbocycles. The number of rotatable bonds is 5. The van der Waals surface area contributed by atoms with Crippen LogP contribution in [0.4, 0.5) is 0 Å². The zero-order chi connectivity index (χ0) is 13.0. The summed E-state index contributed by atoms with van der Waals surface area (Å²) in [5, 5.41) is 10.6. The van der Waals surface area contributed by atoms with Crippen molar-refractivity contribution in [2.75, 3.05) is 7.11 Å². The summed E-state index contributed by atoms with van der Waals surface area (Å²) in [6, 6.07) is 4.91. The van der Waals surface area contributed by atoms with Gasteiger partial charge in [-0.05, 0) is 23.6 Å². The van der Waals surface area contributed by atoms with Crippen LogP contribution in [0.15, 0.2) is 18.2 Å². The summed E-state index contributed by atoms with van der Waals surface area (Å²) in [6.45, 7) is 4.01. The summed E-state index contributed by atoms with van der Waals surface area (Å²) in [5.74, 6) is 0.739. The molecule has 0 heterocycles. The van der Waals surface area contributed by atoms with E-state index >= 15 is 0 Å². The lowest BCUT2D eigenvalue weighted by atomic mass is 9.91. The van der Waals surface area contributed by atoms with E-state index in [0.717, 1.165) is 12.0 Å². The maximum atomic E-state index is 10.1. The van der Waals surface area contributed by atoms with Gasteiger partial charge in [-0.1, -0.05) is 37.9 Å². The molecule has 0 radical (unpaired) electrons. The summed E-state index contributed by atoms with van der Waals surface area (Å²) in [5.41, 5.74) is 6.87. The molecule has 0 saturated heterocycles. The third-order valence-electron chi connectivity index (χ3n) is 3.15. The van der Waals surface area contributed by atoms with Gasteiger partial charge in [-0.3, -0.25) is 0 Å². The Kier molecular flexibility index (Phi) is 5.25. The minimum atomic E-state index is -0.564. The first-order valence-corrected chi connectivity index (χ1v) is 6.16. The number of nitrogens with two attached hydrogens (primary N) is 1. The summed E-state index contributed by atoms with van der Waals surface area (Å²) in [7, 11) is 1.56. The predicted octanol–water partition coefficient (Wildman–Crippen LogP) is 2.76. The number of hydrogen-bond acceptors (Lipinski definition) is 3. The minimum Gasteiger partial charge on any atom is -0.495 e. The molecule has 0 bridgehead atoms. The molecule has 17 heavy (non-hydrogen) atoms. The Labute approximate surface area is 108 Å². The van der Waals surface area contributed by atoms with Crippen molar-refractivity contribution in [3.05, 3.63) is 28.8 Å². The van der Waals surface area contributed by atoms with E-state index in [2.05, 4.69) is 0 Å². The molecule has 0 aliphatic carbocycles. The monoisotopic (exact) mass is 257 g/mol. The first-order chi connectivity index (χ1) is 8.01. The molecule has 0 amide bonds. The second-order valence-corrected chi connectivity index (χ2v) is 4.70. The lowest BCUT2D eigenvalue weighted by molar-refractivity contribution is 0.0879. The van der Waals surface area contributed by atoms with Crippen LogP contribution in [-0.4, -0.2) is 18.3 Å². The lowest BCUT2D eigenvalue weighted by Crippen LogP contribution is -2.31. The molecule has 0 aliphatic heterocycles. The van der Waals surface area contributed by atoms with E-state index in [1.165, 1.54) is 0 Å². The first kappa shape index (κ1) is 14.3. The molecule has 1 rings (SSSR count). The highest BCUT2D eigenvalue weighted by molar-refractivity contribution is 6.32. The van der Waals surface area contributed by atoms with E-state index < -0.39 is 12.1 Å². The standard InChI is InChI=1S/C13H20ClNO2/c1-4-8(2)13(16)12(15)9-5-6-10(14)11(7-9)17-3/h5-8,12-13,16H,4,15H2,1-3H3/t8?,12-,13+/m1/s1. The zero-order valence-corrected chi connectivity index (χ0v) is 11.2. The quantitative estimate of drug-likeness (QED) is 0.853. The second kappa shape index (κ2) is 6.24. The Morgan fingerprint density at radius 3 is 2.65 bits per heavy atom. The average Bonchev–Trinajstić information content (AvgIpc) is 2.36. The van der Waals surface area contributed by atoms with Gasteiger partial charge in [-0.2, -0.15) is 0 Å². The molecule has 4 heteroatoms. The highest BCUT2D eigenvalue weighted by Gasteiger charge is 2.22. The van der Waals surface area contributed by atoms with E-state index in [1.807, 2.05) is 19.9 Å². The highest BCUT2D eigenvalue weighted by atomic mass is 35.5. The molecular weight excluding hydrogens is 238 g/mol. The molecule has 3 N–H and O–H groups in total. The smallest absolute Gasteiger partial charge is 0.137 e. The molecule has 96 valence electrons. The fraction of sp³-hybridized carbons (Fsp3) is 0.538. The first-order valence-electron chi connectivity index (χ1n) is 5.78. The van der Waals surface area contributed by atoms with Crippen LogP contribution < -0.4 is 10.5 Å². The molecule has 0 spiro atoms. The van der Waals surface area contributed by atoms with Gasteiger partial charge in [0.05, 0.1) is 24.3 Å². The van der Waals surface area contributed by atoms with Crippen LogP contribution in [0, 0.1) is 5.92 Å². The number of halogens is 1. The largest absolute Gasteiger partial charge is 0.495 e. The van der Waals surface area contributed by atoms with Gasteiger partial charge >= 0.3 is 0 Å². The van der Waals surface area contributed by atoms with Crippen LogP contribution in [0.1, 0.15) is 31.9 Å². The fourth-order valence-electron chi connectivity index (χ4n) is 1.68. The van der Waals surface area contributed by atoms with Crippen LogP contribution >= 0.6 is 11.6 Å². The fourth-order valence-corrected chi connectivity index (χ4v) is 1.87. The maximum absolute atomic E-state index is 10.1. The van der Waals surface area contributed by atoms with Gasteiger partial charge in [0.25, 0.3) is 0 Å². The Balaban J connectivity index is 2.92. The molecule has 0 aliphatic rings. The molecule has 3 nitrogen and oxygen atoms in total. The van der Waals surface area contributed by atoms with Crippen molar-refractivity contribution >= 4 is 11.6 Å². The van der Waals surface area contributed by atoms with Crippen LogP contribution in [-0.2, 0) is 0 Å². The molecule has 3 atom stereocenters. The highest BCUT2D eigenvalue weighted by Crippen LogP contribution is 2.29. The Bertz CT molecular complexity index is 370. The van der Waals surface area contributed by atoms with E-state index in [-0.39, 0.29) is 5.92 Å². The lowest BCUT2D eigenvalue weighted by Gasteiger charge is -2.24. The second-order valence-electron chi connectivity index (χ2n) is 4.30. The molecule has 0 fully saturated rings. The van der Waals surface area contributed by atoms with Gasteiger partial charge in [0.2, 0.25) is 0 Å². The van der Waals surface area contributed by atoms with E-state index in [0.29, 0.717) is 10.8 Å². The normalized spacial score (nSPS) is 16.4. The average molecular weight is 258 g/mol. The van der Waals surface area contributed by atoms with Crippen LogP contribution in [0.25, 0.3) is 0 Å². The number of aliphatic hydroxyl groups is 1. The van der Waals surface area contributed by atoms with E-state index in [1.54, 1.807) is 19.2 Å². The van der Waals surface area contributed by atoms with Crippen LogP contribution in [0.2, 0.25) is 5.02 Å². The number of hydrogen-bond donors (Lipinski definition) is 2. The summed E-state index contributed by atoms with van der Waals surface area (Å²) in [6.07, 6.45) is 0.324. The Hall–Kier alpha value is -0.770. The molecule has 1 aromatic rings. The summed E-state index contributed by atoms with van der Waals surface area (Å²) < 4.78 is 5.13. The van der Waals surface area contributed by atoms with Crippen molar-refractivity contribution in [3.63, 3.8) is 0 Å². The number of aliphatic hydroxyl groups excluding tert-OH is 1. The van der Waals surface area contributed by atoms with Gasteiger partial charge in [0.15, 0.2) is 0 Å². The minimum absolute atomic E-state index is 0.159. The summed E-state index contributed by atoms with van der Waals surface area (Å²) >= 11 is 5.94. The van der Waals surface area contributed by atoms with Crippen LogP contribution in [0.3, 0.4) is 0 Å². The Morgan fingerprint density at radius 2 is 2.12 bits per heavy atom. The van der Waals surface area contributed by atoms with Crippen molar-refractivity contribution in [1.82, 2.24) is 0 Å². The molecule has 1 unspecified atom stereocenters. The van der Waals surface area contributed by atoms with Crippen LogP contribution in [0.5, 0.6) is 5.75 Å². The van der Waals surface area contributed by atoms with Crippen molar-refractivity contribution in [2.24, 2.45) is 11.7 Å². The third kappa shape index (κ3) is 3.35. The van der Waals surface area contributed by atoms with Crippen molar-refractivity contribution in [3.8, 4) is 5.75 Å². The number of ether oxygens (including phenoxy) is 1. The predicted molar refractivity (Wildman–Crippen MR) is 70.4 cm³/mol. The third-order valence-corrected chi connectivity index (χ3v) is 3.47. The van der Waals surface area contributed by atoms with Gasteiger partial charge in [-0.15, -0.1) is 0 Å². The Morgan fingerprint density at radius 1 is 1.47 bits per heavy atom. The molecule has 0 aromatic heterocycles. The van der Waals surface area contributed by atoms with Gasteiger partial charge in [0.1, 0.15) is 5.75 Å². The zero-order valence-electron chi connectivity index (χ0n) is 10.5. The molecule has 1 aromatic carbocycles. The SMILES string of the molecule is CCC(C)[C@H](O)[C@H](N)c1ccc(Cl)c(OC)c1.